The van der Waals surface area contributed by atoms with Gasteiger partial charge < -0.3 is 4.74 Å². The molecule has 1 fully saturated rings. The van der Waals surface area contributed by atoms with Crippen LogP contribution in [0, 0.1) is 11.8 Å². The van der Waals surface area contributed by atoms with Crippen LogP contribution in [-0.4, -0.2) is 6.10 Å². The molecule has 0 spiro atoms. The molecule has 74 valence electrons. The molecule has 0 radical (unpaired) electrons. The fraction of sp³-hybridized carbons (Fsp3) is 0.286. The Balaban J connectivity index is 1.85. The predicted octanol–water partition coefficient (Wildman–Crippen LogP) is 2.96. The van der Waals surface area contributed by atoms with Crippen LogP contribution in [0.3, 0.4) is 0 Å². The second kappa shape index (κ2) is 2.54. The summed E-state index contributed by atoms with van der Waals surface area (Å²) < 4.78 is 5.60. The molecular formula is C14H12O. The molecule has 0 unspecified atom stereocenters. The van der Waals surface area contributed by atoms with Gasteiger partial charge in [-0.3, -0.25) is 0 Å². The van der Waals surface area contributed by atoms with Gasteiger partial charge in [0.1, 0.15) is 6.10 Å². The Morgan fingerprint density at radius 3 is 2.87 bits per heavy atom. The Morgan fingerprint density at radius 1 is 1.00 bits per heavy atom. The lowest BCUT2D eigenvalue weighted by Gasteiger charge is -2.48. The third-order valence-electron chi connectivity index (χ3n) is 3.98. The molecule has 3 aliphatic rings. The molecule has 1 nitrogen and oxygen atoms in total. The fourth-order valence-corrected chi connectivity index (χ4v) is 3.24. The van der Waals surface area contributed by atoms with Gasteiger partial charge in [-0.15, -0.1) is 0 Å². The lowest BCUT2D eigenvalue weighted by Crippen LogP contribution is -2.47. The van der Waals surface area contributed by atoms with Crippen LogP contribution in [0.5, 0.6) is 0 Å². The second-order valence-corrected chi connectivity index (χ2v) is 4.60. The van der Waals surface area contributed by atoms with Crippen molar-refractivity contribution < 1.29 is 4.74 Å². The number of hydrogen-bond acceptors (Lipinski definition) is 1. The summed E-state index contributed by atoms with van der Waals surface area (Å²) in [6.45, 7) is 0. The summed E-state index contributed by atoms with van der Waals surface area (Å²) in [6, 6.07) is 8.72. The van der Waals surface area contributed by atoms with Gasteiger partial charge >= 0.3 is 0 Å². The van der Waals surface area contributed by atoms with Crippen molar-refractivity contribution in [3.63, 3.8) is 0 Å². The first kappa shape index (κ1) is 7.75. The molecule has 15 heavy (non-hydrogen) atoms. The van der Waals surface area contributed by atoms with Crippen molar-refractivity contribution >= 4 is 6.08 Å². The van der Waals surface area contributed by atoms with E-state index in [0.29, 0.717) is 23.9 Å². The SMILES string of the molecule is C1=C[C@H]2[C@@H](O1)[C@@H]1C=Cc3ccccc3[C@H]21. The highest BCUT2D eigenvalue weighted by Crippen LogP contribution is 2.55. The number of fused-ring (bicyclic) bond motifs is 6. The highest BCUT2D eigenvalue weighted by molar-refractivity contribution is 5.60. The average Bonchev–Trinajstić information content (AvgIpc) is 2.67. The molecule has 1 aromatic rings. The van der Waals surface area contributed by atoms with Gasteiger partial charge in [0.2, 0.25) is 0 Å². The molecule has 4 rings (SSSR count). The number of hydrogen-bond donors (Lipinski definition) is 0. The topological polar surface area (TPSA) is 9.23 Å². The first-order valence-corrected chi connectivity index (χ1v) is 5.54. The van der Waals surface area contributed by atoms with E-state index in [0.717, 1.165) is 0 Å². The van der Waals surface area contributed by atoms with Crippen molar-refractivity contribution in [1.82, 2.24) is 0 Å². The maximum atomic E-state index is 5.60. The lowest BCUT2D eigenvalue weighted by molar-refractivity contribution is -0.00477. The molecular weight excluding hydrogens is 184 g/mol. The Hall–Kier alpha value is -1.50. The molecule has 0 saturated heterocycles. The van der Waals surface area contributed by atoms with E-state index in [2.05, 4.69) is 42.5 Å². The van der Waals surface area contributed by atoms with Gasteiger partial charge in [-0.05, 0) is 17.2 Å². The van der Waals surface area contributed by atoms with Gasteiger partial charge in [0.25, 0.3) is 0 Å². The zero-order valence-corrected chi connectivity index (χ0v) is 8.34. The van der Waals surface area contributed by atoms with Gasteiger partial charge in [0, 0.05) is 17.8 Å². The standard InChI is InChI=1S/C14H12O/c1-2-4-10-9(3-1)5-6-11-13(10)12-7-8-15-14(11)12/h1-8,11-14H/t11-,12-,13+,14+/m1/s1. The summed E-state index contributed by atoms with van der Waals surface area (Å²) in [6.07, 6.45) is 9.08. The monoisotopic (exact) mass is 196 g/mol. The van der Waals surface area contributed by atoms with Gasteiger partial charge in [0.15, 0.2) is 0 Å². The zero-order chi connectivity index (χ0) is 9.83. The number of benzene rings is 1. The molecule has 1 aromatic carbocycles. The highest BCUT2D eigenvalue weighted by Gasteiger charge is 2.53. The van der Waals surface area contributed by atoms with Crippen molar-refractivity contribution in [1.29, 1.82) is 0 Å². The Labute approximate surface area is 89.1 Å². The number of ether oxygens (including phenoxy) is 1. The van der Waals surface area contributed by atoms with Crippen LogP contribution >= 0.6 is 0 Å². The van der Waals surface area contributed by atoms with Crippen LogP contribution in [0.4, 0.5) is 0 Å². The van der Waals surface area contributed by atoms with Crippen LogP contribution in [0.15, 0.2) is 42.7 Å². The largest absolute Gasteiger partial charge is 0.497 e. The maximum absolute atomic E-state index is 5.60. The molecule has 4 atom stereocenters. The van der Waals surface area contributed by atoms with Crippen molar-refractivity contribution in [2.75, 3.05) is 0 Å². The summed E-state index contributed by atoms with van der Waals surface area (Å²) in [5.41, 5.74) is 2.89. The molecule has 0 bridgehead atoms. The molecule has 1 heteroatoms. The van der Waals surface area contributed by atoms with E-state index in [1.807, 2.05) is 6.26 Å². The fourth-order valence-electron chi connectivity index (χ4n) is 3.24. The number of rotatable bonds is 0. The molecule has 1 saturated carbocycles. The minimum atomic E-state index is 0.416. The molecule has 0 aromatic heterocycles. The third kappa shape index (κ3) is 0.840. The van der Waals surface area contributed by atoms with Crippen LogP contribution in [-0.2, 0) is 4.74 Å². The van der Waals surface area contributed by atoms with E-state index < -0.39 is 0 Å². The van der Waals surface area contributed by atoms with Crippen LogP contribution in [0.25, 0.3) is 6.08 Å². The zero-order valence-electron chi connectivity index (χ0n) is 8.34. The molecule has 1 aliphatic heterocycles. The lowest BCUT2D eigenvalue weighted by atomic mass is 9.57. The molecule has 0 amide bonds. The van der Waals surface area contributed by atoms with E-state index in [1.165, 1.54) is 11.1 Å². The highest BCUT2D eigenvalue weighted by atomic mass is 16.5. The minimum absolute atomic E-state index is 0.416. The smallest absolute Gasteiger partial charge is 0.112 e. The average molecular weight is 196 g/mol. The van der Waals surface area contributed by atoms with Gasteiger partial charge in [-0.2, -0.15) is 0 Å². The van der Waals surface area contributed by atoms with E-state index in [-0.39, 0.29) is 0 Å². The van der Waals surface area contributed by atoms with Crippen LogP contribution in [0.1, 0.15) is 17.0 Å². The van der Waals surface area contributed by atoms with E-state index in [4.69, 9.17) is 4.74 Å². The molecule has 2 aliphatic carbocycles. The van der Waals surface area contributed by atoms with E-state index in [9.17, 15) is 0 Å². The summed E-state index contributed by atoms with van der Waals surface area (Å²) in [5, 5.41) is 0. The Morgan fingerprint density at radius 2 is 1.87 bits per heavy atom. The maximum Gasteiger partial charge on any atom is 0.112 e. The minimum Gasteiger partial charge on any atom is -0.497 e. The molecule has 1 heterocycles. The van der Waals surface area contributed by atoms with E-state index in [1.54, 1.807) is 0 Å². The first-order chi connectivity index (χ1) is 7.45. The summed E-state index contributed by atoms with van der Waals surface area (Å²) in [4.78, 5) is 0. The van der Waals surface area contributed by atoms with Crippen LogP contribution in [0.2, 0.25) is 0 Å². The summed E-state index contributed by atoms with van der Waals surface area (Å²) in [5.74, 6) is 1.87. The van der Waals surface area contributed by atoms with Gasteiger partial charge in [-0.25, -0.2) is 0 Å². The normalized spacial score (nSPS) is 38.7. The van der Waals surface area contributed by atoms with Crippen molar-refractivity contribution in [3.8, 4) is 0 Å². The first-order valence-electron chi connectivity index (χ1n) is 5.54. The summed E-state index contributed by atoms with van der Waals surface area (Å²) in [7, 11) is 0. The Bertz CT molecular complexity index is 472. The predicted molar refractivity (Wildman–Crippen MR) is 59.2 cm³/mol. The quantitative estimate of drug-likeness (QED) is 0.620. The Kier molecular flexibility index (Phi) is 1.31. The third-order valence-corrected chi connectivity index (χ3v) is 3.98. The van der Waals surface area contributed by atoms with E-state index >= 15 is 0 Å². The van der Waals surface area contributed by atoms with Crippen molar-refractivity contribution in [2.24, 2.45) is 11.8 Å². The van der Waals surface area contributed by atoms with Crippen LogP contribution < -0.4 is 0 Å². The van der Waals surface area contributed by atoms with Gasteiger partial charge in [0.05, 0.1) is 6.26 Å². The molecule has 0 N–H and O–H groups in total. The second-order valence-electron chi connectivity index (χ2n) is 4.60. The van der Waals surface area contributed by atoms with Gasteiger partial charge in [-0.1, -0.05) is 36.4 Å². The van der Waals surface area contributed by atoms with Crippen molar-refractivity contribution in [2.45, 2.75) is 12.0 Å². The van der Waals surface area contributed by atoms with Crippen molar-refractivity contribution in [3.05, 3.63) is 53.8 Å². The summed E-state index contributed by atoms with van der Waals surface area (Å²) >= 11 is 0.